The molecule has 28 heavy (non-hydrogen) atoms. The summed E-state index contributed by atoms with van der Waals surface area (Å²) in [6.45, 7) is 1.25. The molecular weight excluding hydrogens is 394 g/mol. The lowest BCUT2D eigenvalue weighted by Gasteiger charge is -2.10. The van der Waals surface area contributed by atoms with Gasteiger partial charge in [-0.05, 0) is 30.5 Å². The van der Waals surface area contributed by atoms with E-state index in [1.807, 2.05) is 22.9 Å². The maximum Gasteiger partial charge on any atom is 0.263 e. The predicted molar refractivity (Wildman–Crippen MR) is 112 cm³/mol. The van der Waals surface area contributed by atoms with Gasteiger partial charge in [-0.1, -0.05) is 18.2 Å². The van der Waals surface area contributed by atoms with Crippen LogP contribution in [0.5, 0.6) is 0 Å². The molecule has 0 saturated carbocycles. The van der Waals surface area contributed by atoms with Gasteiger partial charge in [0, 0.05) is 21.4 Å². The number of ketones is 1. The zero-order valence-electron chi connectivity index (χ0n) is 14.8. The number of thiophene rings is 2. The number of nitrogens with zero attached hydrogens (tertiary/aromatic N) is 2. The first-order valence-corrected chi connectivity index (χ1v) is 10.2. The summed E-state index contributed by atoms with van der Waals surface area (Å²) in [6, 6.07) is 10.7. The minimum absolute atomic E-state index is 0.144. The number of hydrogen-bond donors (Lipinski definition) is 1. The third-order valence-electron chi connectivity index (χ3n) is 4.24. The Labute approximate surface area is 168 Å². The largest absolute Gasteiger partial charge is 0.324 e. The molecule has 4 aromatic rings. The zero-order valence-corrected chi connectivity index (χ0v) is 16.5. The van der Waals surface area contributed by atoms with Crippen molar-refractivity contribution in [1.82, 2.24) is 9.55 Å². The fourth-order valence-corrected chi connectivity index (χ4v) is 4.66. The van der Waals surface area contributed by atoms with Gasteiger partial charge in [0.05, 0.1) is 17.4 Å². The first-order chi connectivity index (χ1) is 13.5. The van der Waals surface area contributed by atoms with E-state index < -0.39 is 5.91 Å². The van der Waals surface area contributed by atoms with Crippen LogP contribution in [0.15, 0.2) is 58.3 Å². The monoisotopic (exact) mass is 409 g/mol. The van der Waals surface area contributed by atoms with Gasteiger partial charge in [0.1, 0.15) is 11.4 Å². The maximum absolute atomic E-state index is 13.0. The van der Waals surface area contributed by atoms with Crippen LogP contribution in [0.4, 0.5) is 5.69 Å². The summed E-state index contributed by atoms with van der Waals surface area (Å²) in [5.41, 5.74) is 1.43. The van der Waals surface area contributed by atoms with Crippen molar-refractivity contribution < 1.29 is 9.59 Å². The van der Waals surface area contributed by atoms with Crippen LogP contribution in [-0.4, -0.2) is 21.2 Å². The van der Waals surface area contributed by atoms with E-state index >= 15 is 0 Å². The summed E-state index contributed by atoms with van der Waals surface area (Å²) >= 11 is 2.96. The molecule has 3 heterocycles. The number of carbonyl (C=O) groups excluding carboxylic acids is 2. The van der Waals surface area contributed by atoms with Gasteiger partial charge < -0.3 is 5.32 Å². The molecule has 3 aromatic heterocycles. The van der Waals surface area contributed by atoms with Gasteiger partial charge in [0.15, 0.2) is 5.78 Å². The molecule has 1 amide bonds. The fourth-order valence-electron chi connectivity index (χ4n) is 2.94. The minimum atomic E-state index is -0.398. The Bertz CT molecular complexity index is 1240. The van der Waals surface area contributed by atoms with Gasteiger partial charge in [0.25, 0.3) is 5.56 Å². The third-order valence-corrected chi connectivity index (χ3v) is 6.03. The number of aromatic nitrogens is 2. The highest BCUT2D eigenvalue weighted by atomic mass is 32.1. The molecule has 140 valence electrons. The Morgan fingerprint density at radius 2 is 1.96 bits per heavy atom. The molecule has 4 rings (SSSR count). The van der Waals surface area contributed by atoms with Crippen LogP contribution in [0.3, 0.4) is 0 Å². The van der Waals surface area contributed by atoms with Crippen molar-refractivity contribution in [2.75, 3.05) is 5.32 Å². The number of amides is 1. The molecule has 0 spiro atoms. The molecule has 0 aliphatic carbocycles. The number of hydrogen-bond acceptors (Lipinski definition) is 6. The van der Waals surface area contributed by atoms with Crippen LogP contribution in [0.2, 0.25) is 0 Å². The van der Waals surface area contributed by atoms with E-state index in [4.69, 9.17) is 0 Å². The van der Waals surface area contributed by atoms with Crippen LogP contribution in [-0.2, 0) is 11.3 Å². The summed E-state index contributed by atoms with van der Waals surface area (Å²) in [7, 11) is 0. The Kier molecular flexibility index (Phi) is 4.89. The van der Waals surface area contributed by atoms with E-state index in [1.54, 1.807) is 35.6 Å². The topological polar surface area (TPSA) is 81.1 Å². The number of Topliss-reactive ketones (excluding diaryl/α,β-unsaturated/α-hetero) is 1. The van der Waals surface area contributed by atoms with Crippen LogP contribution >= 0.6 is 22.7 Å². The molecule has 1 N–H and O–H groups in total. The van der Waals surface area contributed by atoms with E-state index in [0.29, 0.717) is 21.5 Å². The van der Waals surface area contributed by atoms with Crippen LogP contribution < -0.4 is 10.9 Å². The summed E-state index contributed by atoms with van der Waals surface area (Å²) in [5.74, 6) is -0.542. The molecule has 6 nitrogen and oxygen atoms in total. The number of anilines is 1. The summed E-state index contributed by atoms with van der Waals surface area (Å²) in [4.78, 5) is 43.1. The molecule has 0 fully saturated rings. The van der Waals surface area contributed by atoms with Crippen molar-refractivity contribution in [1.29, 1.82) is 0 Å². The molecule has 1 aromatic carbocycles. The summed E-state index contributed by atoms with van der Waals surface area (Å²) in [6.07, 6.45) is 1.38. The minimum Gasteiger partial charge on any atom is -0.324 e. The van der Waals surface area contributed by atoms with Crippen molar-refractivity contribution in [3.63, 3.8) is 0 Å². The number of fused-ring (bicyclic) bond motifs is 1. The number of para-hydroxylation sites is 1. The SMILES string of the molecule is CC(=O)c1ccccc1NC(=O)Cn1cnc2scc(-c3cccs3)c2c1=O. The van der Waals surface area contributed by atoms with Crippen LogP contribution in [0.25, 0.3) is 20.7 Å². The molecule has 8 heteroatoms. The van der Waals surface area contributed by atoms with Crippen molar-refractivity contribution in [2.24, 2.45) is 0 Å². The highest BCUT2D eigenvalue weighted by molar-refractivity contribution is 7.18. The van der Waals surface area contributed by atoms with Gasteiger partial charge in [-0.3, -0.25) is 19.0 Å². The first-order valence-electron chi connectivity index (χ1n) is 8.45. The Hall–Kier alpha value is -3.10. The van der Waals surface area contributed by atoms with Crippen molar-refractivity contribution in [3.05, 3.63) is 69.4 Å². The van der Waals surface area contributed by atoms with Gasteiger partial charge in [-0.25, -0.2) is 4.98 Å². The average Bonchev–Trinajstić information content (AvgIpc) is 3.33. The molecule has 0 aliphatic rings. The second-order valence-electron chi connectivity index (χ2n) is 6.13. The van der Waals surface area contributed by atoms with E-state index in [1.165, 1.54) is 29.2 Å². The Morgan fingerprint density at radius 1 is 1.14 bits per heavy atom. The Morgan fingerprint density at radius 3 is 2.71 bits per heavy atom. The summed E-state index contributed by atoms with van der Waals surface area (Å²) in [5, 5.41) is 7.10. The lowest BCUT2D eigenvalue weighted by molar-refractivity contribution is -0.116. The lowest BCUT2D eigenvalue weighted by atomic mass is 10.1. The van der Waals surface area contributed by atoms with Gasteiger partial charge in [-0.15, -0.1) is 22.7 Å². The molecule has 0 radical (unpaired) electrons. The molecule has 0 unspecified atom stereocenters. The van der Waals surface area contributed by atoms with Gasteiger partial charge in [0.2, 0.25) is 5.91 Å². The highest BCUT2D eigenvalue weighted by Gasteiger charge is 2.16. The van der Waals surface area contributed by atoms with E-state index in [9.17, 15) is 14.4 Å². The molecule has 0 aliphatic heterocycles. The van der Waals surface area contributed by atoms with Crippen LogP contribution in [0, 0.1) is 0 Å². The third kappa shape index (κ3) is 3.39. The van der Waals surface area contributed by atoms with Gasteiger partial charge in [-0.2, -0.15) is 0 Å². The standard InChI is InChI=1S/C20H15N3O3S2/c1-12(24)13-5-2-3-6-15(13)22-17(25)9-23-11-21-19-18(20(23)26)14(10-28-19)16-7-4-8-27-16/h2-8,10-11H,9H2,1H3,(H,22,25). The Balaban J connectivity index is 1.65. The number of rotatable bonds is 5. The first kappa shape index (κ1) is 18.3. The average molecular weight is 409 g/mol. The quantitative estimate of drug-likeness (QED) is 0.505. The van der Waals surface area contributed by atoms with Crippen molar-refractivity contribution in [2.45, 2.75) is 13.5 Å². The van der Waals surface area contributed by atoms with E-state index in [2.05, 4.69) is 10.3 Å². The van der Waals surface area contributed by atoms with Gasteiger partial charge >= 0.3 is 0 Å². The van der Waals surface area contributed by atoms with Crippen molar-refractivity contribution >= 4 is 50.3 Å². The maximum atomic E-state index is 13.0. The van der Waals surface area contributed by atoms with Crippen LogP contribution in [0.1, 0.15) is 17.3 Å². The number of nitrogens with one attached hydrogen (secondary N) is 1. The zero-order chi connectivity index (χ0) is 19.7. The number of carbonyl (C=O) groups is 2. The second-order valence-corrected chi connectivity index (χ2v) is 7.94. The fraction of sp³-hybridized carbons (Fsp3) is 0.100. The molecule has 0 atom stereocenters. The number of benzene rings is 1. The molecule has 0 bridgehead atoms. The smallest absolute Gasteiger partial charge is 0.263 e. The summed E-state index contributed by atoms with van der Waals surface area (Å²) < 4.78 is 1.29. The second kappa shape index (κ2) is 7.49. The lowest BCUT2D eigenvalue weighted by Crippen LogP contribution is -2.28. The van der Waals surface area contributed by atoms with Crippen molar-refractivity contribution in [3.8, 4) is 10.4 Å². The van der Waals surface area contributed by atoms with E-state index in [-0.39, 0.29) is 17.9 Å². The normalized spacial score (nSPS) is 10.9. The molecular formula is C20H15N3O3S2. The van der Waals surface area contributed by atoms with E-state index in [0.717, 1.165) is 10.4 Å². The molecule has 0 saturated heterocycles. The highest BCUT2D eigenvalue weighted by Crippen LogP contribution is 2.33. The predicted octanol–water partition coefficient (Wildman–Crippen LogP) is 4.03.